The number of benzene rings is 1. The number of piperidine rings is 1. The van der Waals surface area contributed by atoms with Gasteiger partial charge in [-0.25, -0.2) is 14.1 Å². The fourth-order valence-electron chi connectivity index (χ4n) is 3.63. The highest BCUT2D eigenvalue weighted by Gasteiger charge is 2.23. The lowest BCUT2D eigenvalue weighted by atomic mass is 10.0. The minimum Gasteiger partial charge on any atom is -0.356 e. The zero-order valence-corrected chi connectivity index (χ0v) is 15.1. The third kappa shape index (κ3) is 3.26. The van der Waals surface area contributed by atoms with Gasteiger partial charge in [-0.2, -0.15) is 0 Å². The van der Waals surface area contributed by atoms with Crippen molar-refractivity contribution < 1.29 is 4.39 Å². The molecule has 3 aromatic rings. The van der Waals surface area contributed by atoms with E-state index in [9.17, 15) is 4.39 Å². The molecule has 0 bridgehead atoms. The number of anilines is 1. The summed E-state index contributed by atoms with van der Waals surface area (Å²) in [5, 5.41) is 12.6. The Bertz CT molecular complexity index is 914. The molecule has 1 fully saturated rings. The molecule has 4 rings (SSSR count). The quantitative estimate of drug-likeness (QED) is 0.781. The Hall–Kier alpha value is -2.54. The zero-order valence-electron chi connectivity index (χ0n) is 15.1. The van der Waals surface area contributed by atoms with Crippen LogP contribution in [0.25, 0.3) is 10.9 Å². The van der Waals surface area contributed by atoms with Gasteiger partial charge in [0, 0.05) is 31.1 Å². The molecule has 0 aliphatic carbocycles. The average Bonchev–Trinajstić information content (AvgIpc) is 3.10. The van der Waals surface area contributed by atoms with Crippen LogP contribution >= 0.6 is 0 Å². The second-order valence-corrected chi connectivity index (χ2v) is 6.90. The third-order valence-corrected chi connectivity index (χ3v) is 5.04. The number of fused-ring (bicyclic) bond motifs is 1. The predicted octanol–water partition coefficient (Wildman–Crippen LogP) is 2.83. The molecule has 0 atom stereocenters. The summed E-state index contributed by atoms with van der Waals surface area (Å²) >= 11 is 0. The molecule has 0 radical (unpaired) electrons. The van der Waals surface area contributed by atoms with Crippen LogP contribution in [0.4, 0.5) is 10.2 Å². The van der Waals surface area contributed by atoms with E-state index in [-0.39, 0.29) is 5.82 Å². The molecule has 1 N–H and O–H groups in total. The topological polar surface area (TPSA) is 58.9 Å². The largest absolute Gasteiger partial charge is 0.356 e. The van der Waals surface area contributed by atoms with E-state index in [1.807, 2.05) is 17.9 Å². The number of hydrogen-bond donors (Lipinski definition) is 1. The molecule has 1 aromatic carbocycles. The maximum Gasteiger partial charge on any atom is 0.129 e. The summed E-state index contributed by atoms with van der Waals surface area (Å²) in [5.74, 6) is 0.678. The predicted molar refractivity (Wildman–Crippen MR) is 99.7 cm³/mol. The Morgan fingerprint density at radius 2 is 2.04 bits per heavy atom. The normalized spacial score (nSPS) is 15.7. The highest BCUT2D eigenvalue weighted by atomic mass is 19.1. The minimum absolute atomic E-state index is 0.246. The lowest BCUT2D eigenvalue weighted by Crippen LogP contribution is -2.35. The van der Waals surface area contributed by atoms with Crippen LogP contribution in [-0.4, -0.2) is 40.1 Å². The Morgan fingerprint density at radius 3 is 2.81 bits per heavy atom. The van der Waals surface area contributed by atoms with Crippen LogP contribution in [0, 0.1) is 12.7 Å². The van der Waals surface area contributed by atoms with E-state index in [2.05, 4.69) is 38.5 Å². The molecule has 0 spiro atoms. The first-order chi connectivity index (χ1) is 12.6. The van der Waals surface area contributed by atoms with E-state index in [0.29, 0.717) is 6.04 Å². The van der Waals surface area contributed by atoms with Gasteiger partial charge in [-0.05, 0) is 50.6 Å². The van der Waals surface area contributed by atoms with Crippen molar-refractivity contribution in [3.05, 3.63) is 47.5 Å². The molecule has 2 aromatic heterocycles. The monoisotopic (exact) mass is 354 g/mol. The first-order valence-electron chi connectivity index (χ1n) is 9.01. The van der Waals surface area contributed by atoms with Gasteiger partial charge in [0.25, 0.3) is 0 Å². The van der Waals surface area contributed by atoms with Gasteiger partial charge in [0.1, 0.15) is 11.6 Å². The number of rotatable bonds is 4. The minimum atomic E-state index is -0.246. The third-order valence-electron chi connectivity index (χ3n) is 5.04. The number of nitrogens with one attached hydrogen (secondary N) is 1. The van der Waals surface area contributed by atoms with Crippen LogP contribution in [0.2, 0.25) is 0 Å². The second kappa shape index (κ2) is 6.99. The van der Waals surface area contributed by atoms with E-state index in [4.69, 9.17) is 0 Å². The molecule has 0 amide bonds. The van der Waals surface area contributed by atoms with Gasteiger partial charge in [-0.15, -0.1) is 5.10 Å². The molecule has 1 aliphatic heterocycles. The Labute approximate surface area is 152 Å². The van der Waals surface area contributed by atoms with E-state index in [1.54, 1.807) is 6.07 Å². The van der Waals surface area contributed by atoms with Crippen molar-refractivity contribution in [3.63, 3.8) is 0 Å². The first kappa shape index (κ1) is 16.9. The molecular formula is C19H23FN6. The molecule has 1 aliphatic rings. The Balaban J connectivity index is 1.49. The number of hydrogen-bond acceptors (Lipinski definition) is 5. The molecule has 136 valence electrons. The van der Waals surface area contributed by atoms with Crippen LogP contribution in [0.1, 0.15) is 30.1 Å². The Morgan fingerprint density at radius 1 is 1.23 bits per heavy atom. The number of aromatic nitrogens is 4. The van der Waals surface area contributed by atoms with Crippen molar-refractivity contribution in [2.45, 2.75) is 32.4 Å². The molecule has 1 saturated heterocycles. The summed E-state index contributed by atoms with van der Waals surface area (Å²) in [7, 11) is 1.90. The molecule has 3 heterocycles. The van der Waals surface area contributed by atoms with E-state index >= 15 is 0 Å². The summed E-state index contributed by atoms with van der Waals surface area (Å²) in [4.78, 5) is 6.97. The van der Waals surface area contributed by atoms with E-state index in [1.165, 1.54) is 12.1 Å². The summed E-state index contributed by atoms with van der Waals surface area (Å²) in [6.07, 6.45) is 4.01. The Kier molecular flexibility index (Phi) is 4.55. The smallest absolute Gasteiger partial charge is 0.129 e. The lowest BCUT2D eigenvalue weighted by molar-refractivity contribution is 0.359. The number of aryl methyl sites for hydroxylation is 1. The fraction of sp³-hybridized carbons (Fsp3) is 0.421. The first-order valence-corrected chi connectivity index (χ1v) is 9.01. The summed E-state index contributed by atoms with van der Waals surface area (Å²) < 4.78 is 15.5. The second-order valence-electron chi connectivity index (χ2n) is 6.90. The van der Waals surface area contributed by atoms with Gasteiger partial charge in [0.15, 0.2) is 0 Å². The molecule has 0 unspecified atom stereocenters. The van der Waals surface area contributed by atoms with Crippen molar-refractivity contribution in [2.75, 3.05) is 25.0 Å². The number of nitrogens with zero attached hydrogens (tertiary/aromatic N) is 5. The van der Waals surface area contributed by atoms with Crippen molar-refractivity contribution in [1.29, 1.82) is 0 Å². The molecule has 26 heavy (non-hydrogen) atoms. The maximum atomic E-state index is 13.6. The average molecular weight is 354 g/mol. The summed E-state index contributed by atoms with van der Waals surface area (Å²) in [5.41, 5.74) is 2.80. The van der Waals surface area contributed by atoms with Crippen LogP contribution in [0.15, 0.2) is 30.5 Å². The van der Waals surface area contributed by atoms with Gasteiger partial charge < -0.3 is 10.2 Å². The van der Waals surface area contributed by atoms with E-state index in [0.717, 1.165) is 60.5 Å². The van der Waals surface area contributed by atoms with Gasteiger partial charge >= 0.3 is 0 Å². The number of pyridine rings is 1. The van der Waals surface area contributed by atoms with Crippen LogP contribution in [0.3, 0.4) is 0 Å². The van der Waals surface area contributed by atoms with Crippen LogP contribution < -0.4 is 10.2 Å². The fourth-order valence-corrected chi connectivity index (χ4v) is 3.63. The molecule has 6 nitrogen and oxygen atoms in total. The van der Waals surface area contributed by atoms with Crippen molar-refractivity contribution in [2.24, 2.45) is 0 Å². The highest BCUT2D eigenvalue weighted by molar-refractivity contribution is 5.84. The summed E-state index contributed by atoms with van der Waals surface area (Å²) in [6, 6.07) is 7.26. The van der Waals surface area contributed by atoms with Gasteiger partial charge in [-0.3, -0.25) is 0 Å². The molecule has 0 saturated carbocycles. The van der Waals surface area contributed by atoms with Crippen molar-refractivity contribution >= 4 is 16.7 Å². The van der Waals surface area contributed by atoms with E-state index < -0.39 is 0 Å². The van der Waals surface area contributed by atoms with Crippen LogP contribution in [0.5, 0.6) is 0 Å². The van der Waals surface area contributed by atoms with Crippen LogP contribution in [-0.2, 0) is 6.54 Å². The standard InChI is InChI=1S/C19H23FN6/c1-13-9-19(22-18-10-14(20)3-4-17(13)18)25-7-5-16(6-8-25)26-12-15(11-21-2)23-24-26/h3-4,9-10,12,16,21H,5-8,11H2,1-2H3. The summed E-state index contributed by atoms with van der Waals surface area (Å²) in [6.45, 7) is 4.59. The van der Waals surface area contributed by atoms with Gasteiger partial charge in [0.05, 0.1) is 23.4 Å². The van der Waals surface area contributed by atoms with Crippen molar-refractivity contribution in [3.8, 4) is 0 Å². The van der Waals surface area contributed by atoms with Gasteiger partial charge in [0.2, 0.25) is 0 Å². The van der Waals surface area contributed by atoms with Crippen molar-refractivity contribution in [1.82, 2.24) is 25.3 Å². The molecular weight excluding hydrogens is 331 g/mol. The number of halogens is 1. The highest BCUT2D eigenvalue weighted by Crippen LogP contribution is 2.28. The maximum absolute atomic E-state index is 13.6. The zero-order chi connectivity index (χ0) is 18.1. The molecule has 7 heteroatoms. The lowest BCUT2D eigenvalue weighted by Gasteiger charge is -2.33. The van der Waals surface area contributed by atoms with Gasteiger partial charge in [-0.1, -0.05) is 5.21 Å². The SMILES string of the molecule is CNCc1cn(C2CCN(c3cc(C)c4ccc(F)cc4n3)CC2)nn1.